The monoisotopic (exact) mass is 258 g/mol. The van der Waals surface area contributed by atoms with Crippen molar-refractivity contribution in [2.75, 3.05) is 32.1 Å². The maximum absolute atomic E-state index is 12.9. The Bertz CT molecular complexity index is 393. The first-order chi connectivity index (χ1) is 8.51. The summed E-state index contributed by atoms with van der Waals surface area (Å²) in [6.07, 6.45) is 0.568. The lowest BCUT2D eigenvalue weighted by molar-refractivity contribution is -0.117. The minimum absolute atomic E-state index is 0.0566. The molecule has 1 rings (SSSR count). The van der Waals surface area contributed by atoms with Crippen LogP contribution in [0.4, 0.5) is 14.5 Å². The van der Waals surface area contributed by atoms with Crippen LogP contribution in [0.2, 0.25) is 0 Å². The molecule has 1 aromatic carbocycles. The van der Waals surface area contributed by atoms with Crippen LogP contribution in [-0.2, 0) is 4.79 Å². The summed E-state index contributed by atoms with van der Waals surface area (Å²) in [7, 11) is 1.72. The van der Waals surface area contributed by atoms with Crippen molar-refractivity contribution < 1.29 is 18.7 Å². The van der Waals surface area contributed by atoms with E-state index >= 15 is 0 Å². The molecule has 1 amide bonds. The Labute approximate surface area is 104 Å². The molecule has 0 aliphatic rings. The molecule has 6 heteroatoms. The molecule has 0 saturated heterocycles. The molecule has 0 bridgehead atoms. The summed E-state index contributed by atoms with van der Waals surface area (Å²) in [4.78, 5) is 13.3. The van der Waals surface area contributed by atoms with Gasteiger partial charge in [-0.2, -0.15) is 0 Å². The fourth-order valence-corrected chi connectivity index (χ4v) is 1.49. The molecule has 4 nitrogen and oxygen atoms in total. The zero-order valence-electron chi connectivity index (χ0n) is 10.1. The average Bonchev–Trinajstić information content (AvgIpc) is 2.24. The van der Waals surface area contributed by atoms with Gasteiger partial charge < -0.3 is 10.4 Å². The number of carbonyl (C=O) groups excluding carboxylic acids is 1. The minimum Gasteiger partial charge on any atom is -0.396 e. The molecule has 100 valence electrons. The summed E-state index contributed by atoms with van der Waals surface area (Å²) in [6.45, 7) is 0.723. The maximum atomic E-state index is 12.9. The Kier molecular flexibility index (Phi) is 5.67. The fraction of sp³-hybridized carbons (Fsp3) is 0.417. The molecule has 0 radical (unpaired) electrons. The quantitative estimate of drug-likeness (QED) is 0.806. The zero-order chi connectivity index (χ0) is 13.5. The van der Waals surface area contributed by atoms with Crippen molar-refractivity contribution in [3.8, 4) is 0 Å². The average molecular weight is 258 g/mol. The summed E-state index contributed by atoms with van der Waals surface area (Å²) in [5, 5.41) is 11.0. The van der Waals surface area contributed by atoms with Gasteiger partial charge >= 0.3 is 0 Å². The van der Waals surface area contributed by atoms with E-state index in [0.29, 0.717) is 13.0 Å². The van der Waals surface area contributed by atoms with Gasteiger partial charge in [-0.3, -0.25) is 9.69 Å². The predicted octanol–water partition coefficient (Wildman–Crippen LogP) is 1.22. The molecular weight excluding hydrogens is 242 g/mol. The number of anilines is 1. The molecule has 18 heavy (non-hydrogen) atoms. The van der Waals surface area contributed by atoms with E-state index in [1.54, 1.807) is 11.9 Å². The molecule has 0 saturated carbocycles. The Hall–Kier alpha value is -1.53. The predicted molar refractivity (Wildman–Crippen MR) is 64.2 cm³/mol. The van der Waals surface area contributed by atoms with Gasteiger partial charge in [-0.25, -0.2) is 8.78 Å². The van der Waals surface area contributed by atoms with Crippen molar-refractivity contribution in [3.05, 3.63) is 29.8 Å². The second-order valence-electron chi connectivity index (χ2n) is 4.02. The van der Waals surface area contributed by atoms with E-state index in [0.717, 1.165) is 18.2 Å². The topological polar surface area (TPSA) is 52.6 Å². The van der Waals surface area contributed by atoms with Crippen molar-refractivity contribution in [1.82, 2.24) is 4.90 Å². The van der Waals surface area contributed by atoms with Gasteiger partial charge in [0.25, 0.3) is 0 Å². The molecule has 0 aliphatic heterocycles. The van der Waals surface area contributed by atoms with Crippen molar-refractivity contribution >= 4 is 11.6 Å². The van der Waals surface area contributed by atoms with Crippen LogP contribution in [0.5, 0.6) is 0 Å². The Morgan fingerprint density at radius 3 is 2.50 bits per heavy atom. The van der Waals surface area contributed by atoms with E-state index in [4.69, 9.17) is 5.11 Å². The van der Waals surface area contributed by atoms with E-state index < -0.39 is 11.6 Å². The van der Waals surface area contributed by atoms with Crippen molar-refractivity contribution in [2.45, 2.75) is 6.42 Å². The molecule has 0 aliphatic carbocycles. The number of amides is 1. The molecular formula is C12H16F2N2O2. The third-order valence-electron chi connectivity index (χ3n) is 2.26. The zero-order valence-corrected chi connectivity index (χ0v) is 10.1. The van der Waals surface area contributed by atoms with Crippen LogP contribution in [0, 0.1) is 11.6 Å². The van der Waals surface area contributed by atoms with Crippen LogP contribution in [0.3, 0.4) is 0 Å². The first-order valence-electron chi connectivity index (χ1n) is 5.56. The van der Waals surface area contributed by atoms with Gasteiger partial charge in [-0.1, -0.05) is 0 Å². The summed E-state index contributed by atoms with van der Waals surface area (Å²) >= 11 is 0. The molecule has 0 fully saturated rings. The van der Waals surface area contributed by atoms with E-state index in [9.17, 15) is 13.6 Å². The van der Waals surface area contributed by atoms with Crippen LogP contribution in [0.15, 0.2) is 18.2 Å². The lowest BCUT2D eigenvalue weighted by Crippen LogP contribution is -2.31. The second-order valence-corrected chi connectivity index (χ2v) is 4.02. The number of rotatable bonds is 6. The van der Waals surface area contributed by atoms with Gasteiger partial charge in [0.2, 0.25) is 5.91 Å². The fourth-order valence-electron chi connectivity index (χ4n) is 1.49. The van der Waals surface area contributed by atoms with Gasteiger partial charge in [0, 0.05) is 24.9 Å². The molecule has 2 N–H and O–H groups in total. The number of nitrogens with one attached hydrogen (secondary N) is 1. The second kappa shape index (κ2) is 7.03. The Morgan fingerprint density at radius 1 is 1.33 bits per heavy atom. The number of hydrogen-bond acceptors (Lipinski definition) is 3. The van der Waals surface area contributed by atoms with Gasteiger partial charge in [-0.05, 0) is 25.6 Å². The first kappa shape index (κ1) is 14.5. The smallest absolute Gasteiger partial charge is 0.238 e. The van der Waals surface area contributed by atoms with Crippen LogP contribution < -0.4 is 5.32 Å². The van der Waals surface area contributed by atoms with Crippen molar-refractivity contribution in [1.29, 1.82) is 0 Å². The van der Waals surface area contributed by atoms with Crippen LogP contribution in [0.1, 0.15) is 6.42 Å². The Morgan fingerprint density at radius 2 is 1.94 bits per heavy atom. The number of nitrogens with zero attached hydrogens (tertiary/aromatic N) is 1. The molecule has 0 heterocycles. The number of aliphatic hydroxyl groups is 1. The first-order valence-corrected chi connectivity index (χ1v) is 5.56. The maximum Gasteiger partial charge on any atom is 0.238 e. The van der Waals surface area contributed by atoms with E-state index in [-0.39, 0.29) is 24.7 Å². The summed E-state index contributed by atoms with van der Waals surface area (Å²) in [5.41, 5.74) is 0.0908. The molecule has 0 unspecified atom stereocenters. The summed E-state index contributed by atoms with van der Waals surface area (Å²) in [6, 6.07) is 2.84. The minimum atomic E-state index is -0.737. The largest absolute Gasteiger partial charge is 0.396 e. The molecule has 1 aromatic rings. The third-order valence-corrected chi connectivity index (χ3v) is 2.26. The highest BCUT2D eigenvalue weighted by molar-refractivity contribution is 5.92. The lowest BCUT2D eigenvalue weighted by Gasteiger charge is -2.15. The van der Waals surface area contributed by atoms with E-state index in [1.165, 1.54) is 0 Å². The normalized spacial score (nSPS) is 10.7. The van der Waals surface area contributed by atoms with Crippen LogP contribution in [-0.4, -0.2) is 42.7 Å². The number of aliphatic hydroxyl groups excluding tert-OH is 1. The molecule has 0 spiro atoms. The number of carbonyl (C=O) groups is 1. The van der Waals surface area contributed by atoms with E-state index in [2.05, 4.69) is 5.32 Å². The SMILES string of the molecule is CN(CCCO)CC(=O)Nc1cc(F)cc(F)c1. The van der Waals surface area contributed by atoms with Crippen LogP contribution in [0.25, 0.3) is 0 Å². The number of hydrogen-bond donors (Lipinski definition) is 2. The summed E-state index contributed by atoms with van der Waals surface area (Å²) < 4.78 is 25.8. The third kappa shape index (κ3) is 5.20. The lowest BCUT2D eigenvalue weighted by atomic mass is 10.3. The Balaban J connectivity index is 2.48. The highest BCUT2D eigenvalue weighted by atomic mass is 19.1. The molecule has 0 aromatic heterocycles. The molecule has 0 atom stereocenters. The number of halogens is 2. The van der Waals surface area contributed by atoms with Gasteiger partial charge in [0.15, 0.2) is 0 Å². The van der Waals surface area contributed by atoms with Gasteiger partial charge in [0.1, 0.15) is 11.6 Å². The van der Waals surface area contributed by atoms with Gasteiger partial charge in [0.05, 0.1) is 6.54 Å². The standard InChI is InChI=1S/C12H16F2N2O2/c1-16(3-2-4-17)8-12(18)15-11-6-9(13)5-10(14)7-11/h5-7,17H,2-4,8H2,1H3,(H,15,18). The van der Waals surface area contributed by atoms with Gasteiger partial charge in [-0.15, -0.1) is 0 Å². The van der Waals surface area contributed by atoms with Crippen molar-refractivity contribution in [3.63, 3.8) is 0 Å². The van der Waals surface area contributed by atoms with Crippen molar-refractivity contribution in [2.24, 2.45) is 0 Å². The summed E-state index contributed by atoms with van der Waals surface area (Å²) in [5.74, 6) is -1.83. The van der Waals surface area contributed by atoms with Crippen LogP contribution >= 0.6 is 0 Å². The highest BCUT2D eigenvalue weighted by Gasteiger charge is 2.08. The highest BCUT2D eigenvalue weighted by Crippen LogP contribution is 2.12. The number of benzene rings is 1. The number of likely N-dealkylation sites (N-methyl/N-ethyl adjacent to an activating group) is 1. The van der Waals surface area contributed by atoms with E-state index in [1.807, 2.05) is 0 Å².